The van der Waals surface area contributed by atoms with Crippen molar-refractivity contribution in [3.63, 3.8) is 0 Å². The van der Waals surface area contributed by atoms with Crippen molar-refractivity contribution in [2.45, 2.75) is 33.0 Å². The van der Waals surface area contributed by atoms with Crippen molar-refractivity contribution < 1.29 is 4.74 Å². The summed E-state index contributed by atoms with van der Waals surface area (Å²) in [4.78, 5) is 11.0. The number of imidazole rings is 1. The second-order valence-corrected chi connectivity index (χ2v) is 7.82. The summed E-state index contributed by atoms with van der Waals surface area (Å²) in [7, 11) is 1.82. The van der Waals surface area contributed by atoms with Crippen molar-refractivity contribution >= 4 is 5.96 Å². The molecule has 3 rings (SSSR count). The van der Waals surface area contributed by atoms with Gasteiger partial charge in [-0.25, -0.2) is 4.98 Å². The normalized spacial score (nSPS) is 16.8. The molecular weight excluding hydrogens is 364 g/mol. The quantitative estimate of drug-likeness (QED) is 0.526. The van der Waals surface area contributed by atoms with Crippen LogP contribution in [0.15, 0.2) is 48.0 Å². The number of ether oxygens (including phenoxy) is 1. The Balaban J connectivity index is 1.51. The predicted octanol–water partition coefficient (Wildman–Crippen LogP) is 1.95. The van der Waals surface area contributed by atoms with Crippen LogP contribution in [0.2, 0.25) is 0 Å². The van der Waals surface area contributed by atoms with Gasteiger partial charge < -0.3 is 19.9 Å². The number of aliphatic imine (C=N–C) groups is 1. The highest BCUT2D eigenvalue weighted by Crippen LogP contribution is 2.12. The van der Waals surface area contributed by atoms with Gasteiger partial charge in [0.2, 0.25) is 0 Å². The van der Waals surface area contributed by atoms with E-state index in [0.717, 1.165) is 51.9 Å². The van der Waals surface area contributed by atoms with E-state index in [2.05, 4.69) is 68.2 Å². The Morgan fingerprint density at radius 2 is 2.00 bits per heavy atom. The van der Waals surface area contributed by atoms with Crippen LogP contribution >= 0.6 is 0 Å². The molecule has 0 bridgehead atoms. The van der Waals surface area contributed by atoms with E-state index in [0.29, 0.717) is 12.0 Å². The maximum atomic E-state index is 5.50. The van der Waals surface area contributed by atoms with Crippen LogP contribution in [0.5, 0.6) is 0 Å². The summed E-state index contributed by atoms with van der Waals surface area (Å²) in [6, 6.07) is 9.09. The molecule has 1 saturated heterocycles. The van der Waals surface area contributed by atoms with Gasteiger partial charge >= 0.3 is 0 Å². The lowest BCUT2D eigenvalue weighted by Gasteiger charge is -2.37. The zero-order chi connectivity index (χ0) is 20.5. The second-order valence-electron chi connectivity index (χ2n) is 7.82. The third-order valence-electron chi connectivity index (χ3n) is 5.36. The molecule has 158 valence electrons. The van der Waals surface area contributed by atoms with Gasteiger partial charge in [-0.2, -0.15) is 0 Å². The first-order chi connectivity index (χ1) is 14.2. The largest absolute Gasteiger partial charge is 0.379 e. The summed E-state index contributed by atoms with van der Waals surface area (Å²) in [6.45, 7) is 10.7. The van der Waals surface area contributed by atoms with Crippen LogP contribution in [0.1, 0.15) is 25.0 Å². The first kappa shape index (κ1) is 21.3. The Bertz CT molecular complexity index is 752. The van der Waals surface area contributed by atoms with Gasteiger partial charge in [-0.1, -0.05) is 38.1 Å². The molecule has 1 unspecified atom stereocenters. The molecule has 1 aromatic heterocycles. The van der Waals surface area contributed by atoms with E-state index in [9.17, 15) is 0 Å². The van der Waals surface area contributed by atoms with E-state index < -0.39 is 0 Å². The predicted molar refractivity (Wildman–Crippen MR) is 117 cm³/mol. The number of hydrogen-bond acceptors (Lipinski definition) is 4. The summed E-state index contributed by atoms with van der Waals surface area (Å²) in [6.07, 6.45) is 5.63. The number of guanidine groups is 1. The Hall–Kier alpha value is -2.38. The minimum Gasteiger partial charge on any atom is -0.379 e. The van der Waals surface area contributed by atoms with Crippen LogP contribution in [0.4, 0.5) is 0 Å². The maximum Gasteiger partial charge on any atom is 0.191 e. The summed E-state index contributed by atoms with van der Waals surface area (Å²) >= 11 is 0. The van der Waals surface area contributed by atoms with Crippen LogP contribution < -0.4 is 10.6 Å². The lowest BCUT2D eigenvalue weighted by Crippen LogP contribution is -2.52. The number of aromatic nitrogens is 2. The van der Waals surface area contributed by atoms with Crippen LogP contribution in [-0.2, 0) is 17.8 Å². The summed E-state index contributed by atoms with van der Waals surface area (Å²) in [5.74, 6) is 1.41. The van der Waals surface area contributed by atoms with E-state index in [-0.39, 0.29) is 0 Å². The van der Waals surface area contributed by atoms with Crippen molar-refractivity contribution in [3.05, 3.63) is 54.1 Å². The Kier molecular flexibility index (Phi) is 8.07. The third kappa shape index (κ3) is 6.58. The fraction of sp³-hybridized carbons (Fsp3) is 0.545. The Morgan fingerprint density at radius 3 is 2.69 bits per heavy atom. The molecule has 0 spiro atoms. The van der Waals surface area contributed by atoms with Crippen LogP contribution in [-0.4, -0.2) is 66.3 Å². The molecule has 2 N–H and O–H groups in total. The highest BCUT2D eigenvalue weighted by atomic mass is 16.5. The number of nitrogens with one attached hydrogen (secondary N) is 2. The van der Waals surface area contributed by atoms with Crippen molar-refractivity contribution in [1.82, 2.24) is 25.1 Å². The van der Waals surface area contributed by atoms with Gasteiger partial charge in [0.05, 0.1) is 19.5 Å². The lowest BCUT2D eigenvalue weighted by molar-refractivity contribution is 0.00752. The first-order valence-corrected chi connectivity index (χ1v) is 10.5. The van der Waals surface area contributed by atoms with Crippen LogP contribution in [0.3, 0.4) is 0 Å². The molecule has 1 fully saturated rings. The molecule has 0 saturated carbocycles. The van der Waals surface area contributed by atoms with Gasteiger partial charge in [0.15, 0.2) is 5.96 Å². The SMILES string of the molecule is CN=C(NCc1cccc(Cn2ccnc2)c1)NCC(C(C)C)N1CCOCC1. The Labute approximate surface area is 174 Å². The average molecular weight is 399 g/mol. The van der Waals surface area contributed by atoms with E-state index >= 15 is 0 Å². The van der Waals surface area contributed by atoms with Crippen LogP contribution in [0, 0.1) is 5.92 Å². The third-order valence-corrected chi connectivity index (χ3v) is 5.36. The molecule has 1 atom stereocenters. The van der Waals surface area contributed by atoms with Crippen molar-refractivity contribution in [2.24, 2.45) is 10.9 Å². The van der Waals surface area contributed by atoms with Crippen molar-refractivity contribution in [2.75, 3.05) is 39.9 Å². The smallest absolute Gasteiger partial charge is 0.191 e. The zero-order valence-corrected chi connectivity index (χ0v) is 17.8. The van der Waals surface area contributed by atoms with E-state index in [1.54, 1.807) is 0 Å². The lowest BCUT2D eigenvalue weighted by atomic mass is 10.0. The minimum atomic E-state index is 0.468. The fourth-order valence-electron chi connectivity index (χ4n) is 3.73. The zero-order valence-electron chi connectivity index (χ0n) is 17.8. The molecule has 1 aliphatic heterocycles. The number of hydrogen-bond donors (Lipinski definition) is 2. The standard InChI is InChI=1S/C22H34N6O/c1-18(2)21(28-9-11-29-12-10-28)15-26-22(23-3)25-14-19-5-4-6-20(13-19)16-27-8-7-24-17-27/h4-8,13,17-18,21H,9-12,14-16H2,1-3H3,(H2,23,25,26). The number of benzene rings is 1. The minimum absolute atomic E-state index is 0.468. The van der Waals surface area contributed by atoms with Crippen molar-refractivity contribution in [3.8, 4) is 0 Å². The summed E-state index contributed by atoms with van der Waals surface area (Å²) in [5, 5.41) is 6.96. The molecule has 0 radical (unpaired) electrons. The summed E-state index contributed by atoms with van der Waals surface area (Å²) < 4.78 is 7.58. The second kappa shape index (κ2) is 11.0. The molecule has 7 heteroatoms. The number of nitrogens with zero attached hydrogens (tertiary/aromatic N) is 4. The van der Waals surface area contributed by atoms with E-state index in [1.165, 1.54) is 11.1 Å². The highest BCUT2D eigenvalue weighted by Gasteiger charge is 2.23. The first-order valence-electron chi connectivity index (χ1n) is 10.5. The molecule has 29 heavy (non-hydrogen) atoms. The van der Waals surface area contributed by atoms with Crippen molar-refractivity contribution in [1.29, 1.82) is 0 Å². The maximum absolute atomic E-state index is 5.50. The molecule has 1 aromatic carbocycles. The molecule has 2 heterocycles. The summed E-state index contributed by atoms with van der Waals surface area (Å²) in [5.41, 5.74) is 2.50. The van der Waals surface area contributed by atoms with E-state index in [1.807, 2.05) is 25.8 Å². The molecule has 2 aromatic rings. The fourth-order valence-corrected chi connectivity index (χ4v) is 3.73. The number of rotatable bonds is 8. The van der Waals surface area contributed by atoms with Gasteiger partial charge in [-0.15, -0.1) is 0 Å². The van der Waals surface area contributed by atoms with Gasteiger partial charge in [-0.3, -0.25) is 9.89 Å². The Morgan fingerprint density at radius 1 is 1.21 bits per heavy atom. The van der Waals surface area contributed by atoms with Gasteiger partial charge in [-0.05, 0) is 17.0 Å². The van der Waals surface area contributed by atoms with Gasteiger partial charge in [0.1, 0.15) is 0 Å². The van der Waals surface area contributed by atoms with Gasteiger partial charge in [0, 0.05) is 58.2 Å². The van der Waals surface area contributed by atoms with E-state index in [4.69, 9.17) is 4.74 Å². The van der Waals surface area contributed by atoms with Gasteiger partial charge in [0.25, 0.3) is 0 Å². The highest BCUT2D eigenvalue weighted by molar-refractivity contribution is 5.79. The number of morpholine rings is 1. The average Bonchev–Trinajstić information content (AvgIpc) is 3.24. The monoisotopic (exact) mass is 398 g/mol. The molecule has 0 amide bonds. The topological polar surface area (TPSA) is 66.7 Å². The molecule has 1 aliphatic rings. The molecule has 7 nitrogen and oxygen atoms in total. The molecular formula is C22H34N6O. The molecule has 0 aliphatic carbocycles. The van der Waals surface area contributed by atoms with Crippen LogP contribution in [0.25, 0.3) is 0 Å².